The molecule has 118 heavy (non-hydrogen) atoms. The monoisotopic (exact) mass is 1660 g/mol. The highest BCUT2D eigenvalue weighted by Gasteiger charge is 2.52. The van der Waals surface area contributed by atoms with E-state index in [-0.39, 0.29) is 64.9 Å². The van der Waals surface area contributed by atoms with Crippen molar-refractivity contribution in [3.05, 3.63) is 153 Å². The lowest BCUT2D eigenvalue weighted by molar-refractivity contribution is -0.333. The van der Waals surface area contributed by atoms with Gasteiger partial charge in [0, 0.05) is 47.7 Å². The van der Waals surface area contributed by atoms with Crippen LogP contribution in [0, 0.1) is 11.7 Å². The van der Waals surface area contributed by atoms with Gasteiger partial charge < -0.3 is 144 Å². The number of ether oxygens (including phenoxy) is 8. The maximum absolute atomic E-state index is 16.5. The van der Waals surface area contributed by atoms with E-state index in [0.29, 0.717) is 5.56 Å². The molecule has 8 aliphatic heterocycles. The average Bonchev–Trinajstić information content (AvgIpc) is 0.742. The average molecular weight is 1670 g/mol. The molecule has 23 N–H and O–H groups in total. The SMILES string of the molecule is CN[C@H](CC(C)C)C(=O)N[C@H]1C(=O)N[C@@H](CC(N)=O)C(=O)N[C@H]2C(=O)N[C@H]3C(=O)N[C@H](C(=O)N[C@H](C(=O)NCc4ccc(F)cc4)c4cc(O)cc(O)c4-c4cc3ccc4O)[C@H](O[C@H]3C[C@](C)(N)[C@@H](O)[C@H](C)O3)c3ccc(cc3)Oc3cc2cc(c3O[C@@H]2O[C@H](CO)[C@@H](O)[C@H](O)[C@H]2O[C@H]2C[C@](C)(N)[C@@H](O)[C@H](C)O2)Oc2ccc(cc2Cl)[C@H]1O. The number of aliphatic hydroxyl groups excluding tert-OH is 6. The summed E-state index contributed by atoms with van der Waals surface area (Å²) in [5, 5.41) is 125. The second kappa shape index (κ2) is 35.6. The molecule has 0 spiro atoms. The number of halogens is 2. The Labute approximate surface area is 679 Å². The molecule has 38 heteroatoms. The van der Waals surface area contributed by atoms with Gasteiger partial charge in [0.2, 0.25) is 59.3 Å². The first-order valence-electron chi connectivity index (χ1n) is 38.0. The summed E-state index contributed by atoms with van der Waals surface area (Å²) in [6.45, 7) is 8.35. The molecule has 8 heterocycles. The molecular formula is C80H95ClFN11O25. The molecule has 11 bridgehead atoms. The van der Waals surface area contributed by atoms with E-state index in [4.69, 9.17) is 66.7 Å². The molecule has 3 fully saturated rings. The number of benzene rings is 6. The van der Waals surface area contributed by atoms with Crippen molar-refractivity contribution >= 4 is 58.9 Å². The third-order valence-electron chi connectivity index (χ3n) is 21.5. The molecule has 634 valence electrons. The smallest absolute Gasteiger partial charge is 0.248 e. The highest BCUT2D eigenvalue weighted by atomic mass is 35.5. The van der Waals surface area contributed by atoms with Crippen molar-refractivity contribution in [1.82, 2.24) is 42.5 Å². The number of phenolic OH excluding ortho intramolecular Hbond substituents is 3. The Morgan fingerprint density at radius 3 is 1.90 bits per heavy atom. The summed E-state index contributed by atoms with van der Waals surface area (Å²) in [7, 11) is 1.48. The molecule has 0 saturated carbocycles. The topological polar surface area (TPSA) is 567 Å². The Kier molecular flexibility index (Phi) is 26.2. The number of carbonyl (C=O) groups excluding carboxylic acids is 8. The minimum absolute atomic E-state index is 0.0277. The van der Waals surface area contributed by atoms with Crippen LogP contribution in [0.25, 0.3) is 11.1 Å². The number of primary amides is 1. The number of aromatic hydroxyl groups is 3. The summed E-state index contributed by atoms with van der Waals surface area (Å²) in [5.41, 5.74) is 14.3. The van der Waals surface area contributed by atoms with Crippen LogP contribution in [-0.2, 0) is 68.6 Å². The van der Waals surface area contributed by atoms with Crippen molar-refractivity contribution in [2.75, 3.05) is 13.7 Å². The molecule has 14 rings (SSSR count). The number of rotatable bonds is 17. The van der Waals surface area contributed by atoms with Gasteiger partial charge in [-0.15, -0.1) is 0 Å². The predicted molar refractivity (Wildman–Crippen MR) is 411 cm³/mol. The predicted octanol–water partition coefficient (Wildman–Crippen LogP) is 1.06. The zero-order chi connectivity index (χ0) is 85.4. The Bertz CT molecular complexity index is 4780. The Hall–Kier alpha value is -10.5. The number of hydrogen-bond acceptors (Lipinski definition) is 28. The number of hydrogen-bond donors (Lipinski definition) is 20. The lowest BCUT2D eigenvalue weighted by Gasteiger charge is -2.47. The molecule has 0 aliphatic carbocycles. The van der Waals surface area contributed by atoms with Crippen molar-refractivity contribution in [1.29, 1.82) is 0 Å². The molecule has 8 amide bonds. The number of aliphatic hydroxyl groups is 6. The summed E-state index contributed by atoms with van der Waals surface area (Å²) in [4.78, 5) is 122. The Morgan fingerprint density at radius 2 is 1.28 bits per heavy atom. The van der Waals surface area contributed by atoms with Crippen LogP contribution in [0.1, 0.15) is 131 Å². The van der Waals surface area contributed by atoms with Crippen molar-refractivity contribution in [2.45, 2.75) is 207 Å². The molecule has 3 saturated heterocycles. The van der Waals surface area contributed by atoms with E-state index in [9.17, 15) is 59.9 Å². The van der Waals surface area contributed by atoms with Gasteiger partial charge in [-0.3, -0.25) is 38.4 Å². The third-order valence-corrected chi connectivity index (χ3v) is 21.8. The molecule has 8 aliphatic rings. The fourth-order valence-electron chi connectivity index (χ4n) is 15.1. The number of likely N-dealkylation sites (N-methyl/N-ethyl adjacent to an activating group) is 1. The van der Waals surface area contributed by atoms with Crippen LogP contribution in [0.15, 0.2) is 109 Å². The van der Waals surface area contributed by atoms with Crippen LogP contribution in [0.4, 0.5) is 4.39 Å². The van der Waals surface area contributed by atoms with Gasteiger partial charge in [0.1, 0.15) is 101 Å². The highest BCUT2D eigenvalue weighted by molar-refractivity contribution is 6.32. The van der Waals surface area contributed by atoms with Crippen molar-refractivity contribution in [2.24, 2.45) is 23.1 Å². The van der Waals surface area contributed by atoms with E-state index in [1.165, 1.54) is 83.3 Å². The van der Waals surface area contributed by atoms with E-state index < -0.39 is 256 Å². The lowest BCUT2D eigenvalue weighted by Crippen LogP contribution is -2.64. The summed E-state index contributed by atoms with van der Waals surface area (Å²) in [5.74, 6) is -15.2. The van der Waals surface area contributed by atoms with Crippen molar-refractivity contribution in [3.63, 3.8) is 0 Å². The summed E-state index contributed by atoms with van der Waals surface area (Å²) >= 11 is 7.17. The Balaban J connectivity index is 1.11. The van der Waals surface area contributed by atoms with Gasteiger partial charge in [-0.1, -0.05) is 61.8 Å². The van der Waals surface area contributed by atoms with Gasteiger partial charge in [0.25, 0.3) is 0 Å². The molecule has 0 radical (unpaired) electrons. The van der Waals surface area contributed by atoms with E-state index in [1.807, 2.05) is 13.8 Å². The van der Waals surface area contributed by atoms with E-state index in [2.05, 4.69) is 42.5 Å². The van der Waals surface area contributed by atoms with E-state index in [1.54, 1.807) is 0 Å². The second-order valence-corrected chi connectivity index (χ2v) is 31.5. The number of fused-ring (bicyclic) bond motifs is 15. The zero-order valence-corrected chi connectivity index (χ0v) is 65.6. The van der Waals surface area contributed by atoms with E-state index >= 15 is 28.8 Å². The molecule has 0 aromatic heterocycles. The first kappa shape index (κ1) is 86.9. The molecule has 36 nitrogen and oxygen atoms in total. The normalized spacial score (nSPS) is 30.8. The zero-order valence-electron chi connectivity index (χ0n) is 64.8. The van der Waals surface area contributed by atoms with Crippen LogP contribution in [0.2, 0.25) is 5.02 Å². The highest BCUT2D eigenvalue weighted by Crippen LogP contribution is 2.50. The van der Waals surface area contributed by atoms with Crippen LogP contribution >= 0.6 is 11.6 Å². The third kappa shape index (κ3) is 19.0. The summed E-state index contributed by atoms with van der Waals surface area (Å²) in [6.07, 6.45) is -22.5. The maximum atomic E-state index is 16.5. The fourth-order valence-corrected chi connectivity index (χ4v) is 15.3. The fraction of sp³-hybridized carbons (Fsp3) is 0.450. The largest absolute Gasteiger partial charge is 0.508 e. The maximum Gasteiger partial charge on any atom is 0.248 e. The van der Waals surface area contributed by atoms with Crippen LogP contribution in [0.3, 0.4) is 0 Å². The summed E-state index contributed by atoms with van der Waals surface area (Å²) < 4.78 is 66.4. The van der Waals surface area contributed by atoms with Gasteiger partial charge in [0.05, 0.1) is 48.5 Å². The number of amides is 8. The van der Waals surface area contributed by atoms with Crippen LogP contribution < -0.4 is 73.9 Å². The quantitative estimate of drug-likeness (QED) is 0.0607. The summed E-state index contributed by atoms with van der Waals surface area (Å²) in [6, 6.07) is 7.05. The van der Waals surface area contributed by atoms with Gasteiger partial charge in [-0.05, 0) is 147 Å². The molecular weight excluding hydrogens is 1570 g/mol. The van der Waals surface area contributed by atoms with E-state index in [0.717, 1.165) is 60.7 Å². The minimum Gasteiger partial charge on any atom is -0.508 e. The van der Waals surface area contributed by atoms with Crippen molar-refractivity contribution < 1.29 is 127 Å². The molecule has 22 atom stereocenters. The number of nitrogens with one attached hydrogen (secondary N) is 8. The van der Waals surface area contributed by atoms with Gasteiger partial charge >= 0.3 is 0 Å². The standard InChI is InChI=1S/C80H95ClFN11O25/c1-32(2)20-46(86-7)71(104)92-61-63(99)38-13-19-50(45(81)22-38)114-52-24-39-23-51(67(52)118-78-68(65(101)64(100)53(31-94)115-78)117-56-29-80(6,85)70(103)34(4)112-56)113-42-16-10-36(11-17-42)66(116-55-28-79(5,84)69(102)33(3)111-55)62-77(110)91-60(73(106)87-30-35-8-14-40(82)15-9-35)44-25-41(95)26-49(97)57(44)43-21-37(12-18-48(43)96)58(74(107)93-62)90-75(108)59(39)89-72(105)47(27-54(83)98)88-76(61)109/h8-19,21-26,32-34,46-47,53,55-56,58-66,68-70,78,86,94-97,99-103H,20,27-31,84-85H2,1-7H3,(H2,83,98)(H,87,106)(H,88,109)(H,89,105)(H,90,108)(H,91,110)(H,92,104)(H,93,107)/t33-,34-,46+,47-,53+,55-,56-,58+,59+,60-,61+,62-,63+,64+,65-,66+,68+,69-,70-,78-,79-,80-/m0/s1. The number of nitrogens with two attached hydrogens (primary N) is 3. The Morgan fingerprint density at radius 1 is 0.669 bits per heavy atom. The number of phenols is 3. The molecule has 6 aromatic rings. The second-order valence-electron chi connectivity index (χ2n) is 31.1. The molecule has 0 unspecified atom stereocenters. The number of carbonyl (C=O) groups is 8. The van der Waals surface area contributed by atoms with Gasteiger partial charge in [-0.25, -0.2) is 4.39 Å². The van der Waals surface area contributed by atoms with Crippen LogP contribution in [0.5, 0.6) is 46.0 Å². The minimum atomic E-state index is -2.36. The molecule has 6 aromatic carbocycles. The first-order chi connectivity index (χ1) is 55.8. The first-order valence-corrected chi connectivity index (χ1v) is 38.3. The van der Waals surface area contributed by atoms with Gasteiger partial charge in [-0.2, -0.15) is 0 Å². The van der Waals surface area contributed by atoms with Gasteiger partial charge in [0.15, 0.2) is 30.2 Å². The lowest BCUT2D eigenvalue weighted by atomic mass is 9.86. The van der Waals surface area contributed by atoms with Crippen LogP contribution in [-0.4, -0.2) is 210 Å². The van der Waals surface area contributed by atoms with Crippen molar-refractivity contribution in [3.8, 4) is 57.1 Å².